The smallest absolute Gasteiger partial charge is 0.405 e. The highest BCUT2D eigenvalue weighted by Gasteiger charge is 2.35. The number of pyridine rings is 1. The first-order valence-corrected chi connectivity index (χ1v) is 8.53. The molecule has 0 aliphatic heterocycles. The Morgan fingerprint density at radius 2 is 2.05 bits per heavy atom. The van der Waals surface area contributed by atoms with Gasteiger partial charge in [0.05, 0.1) is 5.25 Å². The molecule has 0 unspecified atom stereocenters. The molecule has 0 radical (unpaired) electrons. The second-order valence-corrected chi connectivity index (χ2v) is 8.15. The van der Waals surface area contributed by atoms with E-state index in [1.54, 1.807) is 39.2 Å². The van der Waals surface area contributed by atoms with Gasteiger partial charge in [0.2, 0.25) is 10.0 Å². The fourth-order valence-electron chi connectivity index (χ4n) is 1.50. The van der Waals surface area contributed by atoms with Crippen molar-refractivity contribution in [2.75, 3.05) is 0 Å². The van der Waals surface area contributed by atoms with Crippen LogP contribution in [0.25, 0.3) is 0 Å². The van der Waals surface area contributed by atoms with E-state index in [0.29, 0.717) is 6.54 Å². The first kappa shape index (κ1) is 18.4. The Bertz CT molecular complexity index is 578. The Morgan fingerprint density at radius 1 is 1.41 bits per heavy atom. The van der Waals surface area contributed by atoms with Gasteiger partial charge in [-0.1, -0.05) is 6.07 Å². The summed E-state index contributed by atoms with van der Waals surface area (Å²) in [4.78, 5) is 13.8. The molecular formula is C14H23N3O4S. The Labute approximate surface area is 131 Å². The Kier molecular flexibility index (Phi) is 6.31. The number of hydrogen-bond acceptors (Lipinski definition) is 4. The number of sulfonamides is 1. The first-order chi connectivity index (χ1) is 10.1. The molecule has 0 bridgehead atoms. The average molecular weight is 329 g/mol. The lowest BCUT2D eigenvalue weighted by Gasteiger charge is -2.16. The minimum Gasteiger partial charge on any atom is -0.465 e. The molecule has 7 nitrogen and oxygen atoms in total. The van der Waals surface area contributed by atoms with Gasteiger partial charge in [0.25, 0.3) is 0 Å². The van der Waals surface area contributed by atoms with Gasteiger partial charge in [0.15, 0.2) is 0 Å². The number of carbonyl (C=O) groups is 1. The molecule has 1 saturated carbocycles. The van der Waals surface area contributed by atoms with Gasteiger partial charge in [-0.05, 0) is 45.2 Å². The summed E-state index contributed by atoms with van der Waals surface area (Å²) in [7, 11) is -3.06. The molecule has 1 amide bonds. The topological polar surface area (TPSA) is 108 Å². The number of carboxylic acid groups (broad SMARTS) is 1. The van der Waals surface area contributed by atoms with E-state index in [-0.39, 0.29) is 10.8 Å². The number of nitrogens with one attached hydrogen (secondary N) is 2. The Hall–Kier alpha value is -1.67. The minimum atomic E-state index is -3.06. The van der Waals surface area contributed by atoms with Crippen LogP contribution in [0.2, 0.25) is 0 Å². The van der Waals surface area contributed by atoms with Gasteiger partial charge in [-0.2, -0.15) is 0 Å². The first-order valence-electron chi connectivity index (χ1n) is 6.98. The van der Waals surface area contributed by atoms with Gasteiger partial charge in [-0.25, -0.2) is 17.9 Å². The average Bonchev–Trinajstić information content (AvgIpc) is 3.20. The summed E-state index contributed by atoms with van der Waals surface area (Å²) in [6.07, 6.45) is 3.94. The maximum absolute atomic E-state index is 11.4. The van der Waals surface area contributed by atoms with Crippen molar-refractivity contribution in [3.05, 3.63) is 30.1 Å². The Balaban J connectivity index is 0.000000261. The molecule has 1 aliphatic rings. The molecule has 1 heterocycles. The standard InChI is InChI=1S/C9H12N2O2S.C5H11NO2/c12-14(13,9-3-4-9)11-7-8-2-1-5-10-6-8;1-5(2,3)6-4(7)8/h1-2,5-6,9,11H,3-4,7H2;6H,1-3H3,(H,7,8). The highest BCUT2D eigenvalue weighted by atomic mass is 32.2. The van der Waals surface area contributed by atoms with Gasteiger partial charge in [0, 0.05) is 24.5 Å². The van der Waals surface area contributed by atoms with Crippen LogP contribution < -0.4 is 10.0 Å². The van der Waals surface area contributed by atoms with Gasteiger partial charge in [0.1, 0.15) is 0 Å². The van der Waals surface area contributed by atoms with Crippen molar-refractivity contribution in [2.24, 2.45) is 0 Å². The van der Waals surface area contributed by atoms with Crippen molar-refractivity contribution >= 4 is 16.1 Å². The van der Waals surface area contributed by atoms with Crippen molar-refractivity contribution in [1.29, 1.82) is 0 Å². The second-order valence-electron chi connectivity index (χ2n) is 6.11. The number of rotatable bonds is 4. The van der Waals surface area contributed by atoms with Crippen LogP contribution in [0, 0.1) is 0 Å². The summed E-state index contributed by atoms with van der Waals surface area (Å²) in [5, 5.41) is 10.3. The largest absolute Gasteiger partial charge is 0.465 e. The molecule has 8 heteroatoms. The number of hydrogen-bond donors (Lipinski definition) is 3. The summed E-state index contributed by atoms with van der Waals surface area (Å²) in [6, 6.07) is 3.64. The van der Waals surface area contributed by atoms with E-state index in [9.17, 15) is 13.2 Å². The van der Waals surface area contributed by atoms with Crippen molar-refractivity contribution < 1.29 is 18.3 Å². The number of nitrogens with zero attached hydrogens (tertiary/aromatic N) is 1. The molecule has 1 aromatic rings. The van der Waals surface area contributed by atoms with Crippen LogP contribution in [0.1, 0.15) is 39.2 Å². The zero-order valence-electron chi connectivity index (χ0n) is 13.0. The Morgan fingerprint density at radius 3 is 2.41 bits per heavy atom. The van der Waals surface area contributed by atoms with E-state index in [4.69, 9.17) is 5.11 Å². The summed E-state index contributed by atoms with van der Waals surface area (Å²) < 4.78 is 25.4. The molecule has 0 spiro atoms. The van der Waals surface area contributed by atoms with E-state index in [0.717, 1.165) is 18.4 Å². The minimum absolute atomic E-state index is 0.154. The van der Waals surface area contributed by atoms with Crippen LogP contribution in [0.4, 0.5) is 4.79 Å². The lowest BCUT2D eigenvalue weighted by molar-refractivity contribution is 0.184. The van der Waals surface area contributed by atoms with Crippen molar-refractivity contribution in [3.8, 4) is 0 Å². The lowest BCUT2D eigenvalue weighted by atomic mass is 10.1. The molecule has 0 saturated heterocycles. The quantitative estimate of drug-likeness (QED) is 0.779. The second kappa shape index (κ2) is 7.55. The molecule has 0 atom stereocenters. The van der Waals surface area contributed by atoms with Gasteiger partial charge in [-0.15, -0.1) is 0 Å². The maximum atomic E-state index is 11.4. The molecule has 124 valence electrons. The van der Waals surface area contributed by atoms with E-state index < -0.39 is 16.1 Å². The number of amides is 1. The third-order valence-electron chi connectivity index (χ3n) is 2.65. The molecule has 0 aromatic carbocycles. The van der Waals surface area contributed by atoms with Crippen molar-refractivity contribution in [1.82, 2.24) is 15.0 Å². The predicted octanol–water partition coefficient (Wildman–Crippen LogP) is 1.72. The van der Waals surface area contributed by atoms with E-state index in [1.807, 2.05) is 6.07 Å². The van der Waals surface area contributed by atoms with Gasteiger partial charge < -0.3 is 10.4 Å². The predicted molar refractivity (Wildman–Crippen MR) is 83.9 cm³/mol. The highest BCUT2D eigenvalue weighted by molar-refractivity contribution is 7.90. The molecule has 22 heavy (non-hydrogen) atoms. The fourth-order valence-corrected chi connectivity index (χ4v) is 2.86. The summed E-state index contributed by atoms with van der Waals surface area (Å²) >= 11 is 0. The van der Waals surface area contributed by atoms with Crippen LogP contribution in [0.5, 0.6) is 0 Å². The summed E-state index contributed by atoms with van der Waals surface area (Å²) in [5.74, 6) is 0. The molecular weight excluding hydrogens is 306 g/mol. The summed E-state index contributed by atoms with van der Waals surface area (Å²) in [5.41, 5.74) is 0.558. The molecule has 1 fully saturated rings. The number of aromatic nitrogens is 1. The van der Waals surface area contributed by atoms with Crippen LogP contribution in [0.15, 0.2) is 24.5 Å². The van der Waals surface area contributed by atoms with E-state index in [2.05, 4.69) is 15.0 Å². The monoisotopic (exact) mass is 329 g/mol. The third-order valence-corrected chi connectivity index (χ3v) is 4.54. The SMILES string of the molecule is CC(C)(C)NC(=O)O.O=S(=O)(NCc1cccnc1)C1CC1. The summed E-state index contributed by atoms with van der Waals surface area (Å²) in [6.45, 7) is 5.72. The van der Waals surface area contributed by atoms with Gasteiger partial charge in [-0.3, -0.25) is 4.98 Å². The maximum Gasteiger partial charge on any atom is 0.405 e. The zero-order chi connectivity index (χ0) is 16.8. The lowest BCUT2D eigenvalue weighted by Crippen LogP contribution is -2.39. The van der Waals surface area contributed by atoms with Crippen LogP contribution in [-0.4, -0.2) is 35.4 Å². The third kappa shape index (κ3) is 7.94. The fraction of sp³-hybridized carbons (Fsp3) is 0.571. The van der Waals surface area contributed by atoms with Crippen LogP contribution >= 0.6 is 0 Å². The van der Waals surface area contributed by atoms with Crippen molar-refractivity contribution in [2.45, 2.75) is 50.9 Å². The molecule has 1 aromatic heterocycles. The van der Waals surface area contributed by atoms with Crippen LogP contribution in [-0.2, 0) is 16.6 Å². The van der Waals surface area contributed by atoms with Gasteiger partial charge >= 0.3 is 6.09 Å². The highest BCUT2D eigenvalue weighted by Crippen LogP contribution is 2.27. The van der Waals surface area contributed by atoms with E-state index in [1.165, 1.54) is 0 Å². The normalized spacial score (nSPS) is 14.7. The van der Waals surface area contributed by atoms with Crippen LogP contribution in [0.3, 0.4) is 0 Å². The van der Waals surface area contributed by atoms with Crippen molar-refractivity contribution in [3.63, 3.8) is 0 Å². The zero-order valence-corrected chi connectivity index (χ0v) is 13.9. The van der Waals surface area contributed by atoms with E-state index >= 15 is 0 Å². The molecule has 1 aliphatic carbocycles. The molecule has 2 rings (SSSR count). The molecule has 3 N–H and O–H groups in total.